The van der Waals surface area contributed by atoms with Gasteiger partial charge in [0.25, 0.3) is 0 Å². The Kier molecular flexibility index (Phi) is 7.50. The summed E-state index contributed by atoms with van der Waals surface area (Å²) in [6.07, 6.45) is 0.317. The van der Waals surface area contributed by atoms with Crippen LogP contribution in [0.25, 0.3) is 0 Å². The number of amides is 1. The molecule has 1 amide bonds. The number of phenols is 1. The number of carbonyl (C=O) groups is 2. The molecule has 0 aliphatic rings. The van der Waals surface area contributed by atoms with Gasteiger partial charge in [0.1, 0.15) is 17.5 Å². The maximum atomic E-state index is 11.9. The molecule has 2 N–H and O–H groups in total. The molecule has 0 radical (unpaired) electrons. The smallest absolute Gasteiger partial charge is 0.328 e. The van der Waals surface area contributed by atoms with Crippen molar-refractivity contribution in [3.63, 3.8) is 0 Å². The Morgan fingerprint density at radius 1 is 1.15 bits per heavy atom. The monoisotopic (exact) mass is 581 g/mol. The summed E-state index contributed by atoms with van der Waals surface area (Å²) in [5, 5.41) is 12.0. The topological polar surface area (TPSA) is 84.9 Å². The fourth-order valence-corrected chi connectivity index (χ4v) is 4.39. The van der Waals surface area contributed by atoms with Crippen LogP contribution in [-0.2, 0) is 20.7 Å². The highest BCUT2D eigenvalue weighted by atomic mass is 127. The van der Waals surface area contributed by atoms with Gasteiger partial charge in [-0.25, -0.2) is 4.79 Å². The largest absolute Gasteiger partial charge is 0.508 e. The number of ether oxygens (including phenoxy) is 2. The van der Waals surface area contributed by atoms with E-state index in [1.54, 1.807) is 24.3 Å². The molecule has 0 fully saturated rings. The van der Waals surface area contributed by atoms with Gasteiger partial charge in [0, 0.05) is 13.3 Å². The van der Waals surface area contributed by atoms with Crippen molar-refractivity contribution < 1.29 is 24.2 Å². The second-order valence-corrected chi connectivity index (χ2v) is 7.79. The Balaban J connectivity index is 2.23. The van der Waals surface area contributed by atoms with Crippen LogP contribution in [-0.4, -0.2) is 30.1 Å². The normalized spacial score (nSPS) is 11.5. The Morgan fingerprint density at radius 2 is 1.73 bits per heavy atom. The van der Waals surface area contributed by atoms with Crippen LogP contribution in [0, 0.1) is 7.14 Å². The number of halogens is 2. The summed E-state index contributed by atoms with van der Waals surface area (Å²) in [5.74, 6) is 0.683. The maximum Gasteiger partial charge on any atom is 0.328 e. The van der Waals surface area contributed by atoms with Gasteiger partial charge in [-0.1, -0.05) is 0 Å². The molecule has 2 aromatic carbocycles. The third-order valence-corrected chi connectivity index (χ3v) is 5.02. The zero-order valence-electron chi connectivity index (χ0n) is 14.1. The van der Waals surface area contributed by atoms with Crippen LogP contribution >= 0.6 is 45.2 Å². The van der Waals surface area contributed by atoms with Crippen molar-refractivity contribution in [1.82, 2.24) is 5.32 Å². The van der Waals surface area contributed by atoms with E-state index in [9.17, 15) is 14.7 Å². The lowest BCUT2D eigenvalue weighted by Crippen LogP contribution is -2.42. The van der Waals surface area contributed by atoms with Gasteiger partial charge in [0.05, 0.1) is 14.3 Å². The summed E-state index contributed by atoms with van der Waals surface area (Å²) in [7, 11) is 1.29. The first-order valence-corrected chi connectivity index (χ1v) is 9.75. The van der Waals surface area contributed by atoms with E-state index in [2.05, 4.69) is 50.5 Å². The number of rotatable bonds is 6. The number of phenolic OH excluding ortho intramolecular Hbond substituents is 1. The Hall–Kier alpha value is -1.56. The SMILES string of the molecule is COC(=O)[C@H](Cc1cc(I)c(Oc2ccc(O)cc2)c(I)c1)NC(C)=O. The number of aromatic hydroxyl groups is 1. The number of hydrogen-bond acceptors (Lipinski definition) is 5. The highest BCUT2D eigenvalue weighted by Gasteiger charge is 2.22. The second kappa shape index (κ2) is 9.40. The number of nitrogens with one attached hydrogen (secondary N) is 1. The lowest BCUT2D eigenvalue weighted by Gasteiger charge is -2.17. The molecule has 0 unspecified atom stereocenters. The minimum Gasteiger partial charge on any atom is -0.508 e. The molecule has 138 valence electrons. The maximum absolute atomic E-state index is 11.9. The molecule has 0 bridgehead atoms. The molecule has 2 rings (SSSR count). The molecule has 1 atom stereocenters. The van der Waals surface area contributed by atoms with E-state index < -0.39 is 12.0 Å². The quantitative estimate of drug-likeness (QED) is 0.403. The Bertz CT molecular complexity index is 785. The van der Waals surface area contributed by atoms with E-state index in [4.69, 9.17) is 9.47 Å². The van der Waals surface area contributed by atoms with Crippen LogP contribution in [0.4, 0.5) is 0 Å². The van der Waals surface area contributed by atoms with Gasteiger partial charge in [-0.15, -0.1) is 0 Å². The molecule has 2 aromatic rings. The molecule has 0 aromatic heterocycles. The van der Waals surface area contributed by atoms with Gasteiger partial charge in [0.2, 0.25) is 5.91 Å². The van der Waals surface area contributed by atoms with E-state index in [1.165, 1.54) is 14.0 Å². The van der Waals surface area contributed by atoms with Crippen molar-refractivity contribution in [2.75, 3.05) is 7.11 Å². The average molecular weight is 581 g/mol. The Morgan fingerprint density at radius 3 is 2.23 bits per heavy atom. The lowest BCUT2D eigenvalue weighted by atomic mass is 10.1. The van der Waals surface area contributed by atoms with E-state index >= 15 is 0 Å². The number of methoxy groups -OCH3 is 1. The third-order valence-electron chi connectivity index (χ3n) is 3.42. The van der Waals surface area contributed by atoms with Crippen LogP contribution in [0.2, 0.25) is 0 Å². The summed E-state index contributed by atoms with van der Waals surface area (Å²) in [5.41, 5.74) is 0.876. The molecule has 26 heavy (non-hydrogen) atoms. The first-order chi connectivity index (χ1) is 12.3. The minimum atomic E-state index is -0.743. The van der Waals surface area contributed by atoms with Crippen molar-refractivity contribution >= 4 is 57.1 Å². The number of carbonyl (C=O) groups excluding carboxylic acids is 2. The zero-order valence-corrected chi connectivity index (χ0v) is 18.4. The fourth-order valence-electron chi connectivity index (χ4n) is 2.28. The van der Waals surface area contributed by atoms with Crippen molar-refractivity contribution in [1.29, 1.82) is 0 Å². The van der Waals surface area contributed by atoms with Gasteiger partial charge in [0.15, 0.2) is 5.75 Å². The first kappa shape index (κ1) is 20.7. The second-order valence-electron chi connectivity index (χ2n) is 5.46. The van der Waals surface area contributed by atoms with Crippen molar-refractivity contribution in [2.24, 2.45) is 0 Å². The van der Waals surface area contributed by atoms with Gasteiger partial charge in [-0.3, -0.25) is 4.79 Å². The summed E-state index contributed by atoms with van der Waals surface area (Å²) >= 11 is 4.32. The van der Waals surface area contributed by atoms with Gasteiger partial charge in [-0.2, -0.15) is 0 Å². The molecule has 0 heterocycles. The summed E-state index contributed by atoms with van der Waals surface area (Å²) < 4.78 is 12.4. The highest BCUT2D eigenvalue weighted by Crippen LogP contribution is 2.33. The van der Waals surface area contributed by atoms with E-state index in [0.717, 1.165) is 12.7 Å². The minimum absolute atomic E-state index is 0.170. The molecule has 0 saturated heterocycles. The molecule has 6 nitrogen and oxygen atoms in total. The fraction of sp³-hybridized carbons (Fsp3) is 0.222. The standard InChI is InChI=1S/C18H17I2NO5/c1-10(22)21-16(18(24)25-2)9-11-7-14(19)17(15(20)8-11)26-13-5-3-12(23)4-6-13/h3-8,16,23H,9H2,1-2H3,(H,21,22)/t16-/m0/s1. The molecule has 0 aliphatic heterocycles. The highest BCUT2D eigenvalue weighted by molar-refractivity contribution is 14.1. The predicted octanol–water partition coefficient (Wildman–Crippen LogP) is 3.61. The molecule has 0 aliphatic carbocycles. The van der Waals surface area contributed by atoms with Crippen LogP contribution in [0.3, 0.4) is 0 Å². The number of esters is 1. The van der Waals surface area contributed by atoms with Crippen LogP contribution in [0.1, 0.15) is 12.5 Å². The zero-order chi connectivity index (χ0) is 19.3. The van der Waals surface area contributed by atoms with E-state index in [-0.39, 0.29) is 11.7 Å². The first-order valence-electron chi connectivity index (χ1n) is 7.60. The molecule has 0 saturated carbocycles. The van der Waals surface area contributed by atoms with Crippen LogP contribution < -0.4 is 10.1 Å². The summed E-state index contributed by atoms with van der Waals surface area (Å²) in [4.78, 5) is 23.2. The van der Waals surface area contributed by atoms with E-state index in [0.29, 0.717) is 17.9 Å². The van der Waals surface area contributed by atoms with Gasteiger partial charge in [-0.05, 0) is 87.1 Å². The van der Waals surface area contributed by atoms with Gasteiger partial charge < -0.3 is 19.9 Å². The lowest BCUT2D eigenvalue weighted by molar-refractivity contribution is -0.144. The van der Waals surface area contributed by atoms with Crippen molar-refractivity contribution in [3.8, 4) is 17.2 Å². The Labute approximate surface area is 178 Å². The average Bonchev–Trinajstić information content (AvgIpc) is 2.58. The van der Waals surface area contributed by atoms with E-state index in [1.807, 2.05) is 12.1 Å². The van der Waals surface area contributed by atoms with Gasteiger partial charge >= 0.3 is 5.97 Å². The molecule has 8 heteroatoms. The predicted molar refractivity (Wildman–Crippen MR) is 113 cm³/mol. The third kappa shape index (κ3) is 5.73. The number of hydrogen-bond donors (Lipinski definition) is 2. The summed E-state index contributed by atoms with van der Waals surface area (Å²) in [6, 6.07) is 9.52. The van der Waals surface area contributed by atoms with Crippen LogP contribution in [0.15, 0.2) is 36.4 Å². The molecule has 0 spiro atoms. The molecular formula is C18H17I2NO5. The van der Waals surface area contributed by atoms with Crippen molar-refractivity contribution in [3.05, 3.63) is 49.1 Å². The van der Waals surface area contributed by atoms with Crippen molar-refractivity contribution in [2.45, 2.75) is 19.4 Å². The molecular weight excluding hydrogens is 564 g/mol. The summed E-state index contributed by atoms with van der Waals surface area (Å²) in [6.45, 7) is 1.36. The van der Waals surface area contributed by atoms with Crippen LogP contribution in [0.5, 0.6) is 17.2 Å². The number of benzene rings is 2.